The molecule has 0 radical (unpaired) electrons. The smallest absolute Gasteiger partial charge is 0.279 e. The first kappa shape index (κ1) is 13.9. The Morgan fingerprint density at radius 3 is 2.31 bits per heavy atom. The first-order chi connectivity index (χ1) is 7.35. The van der Waals surface area contributed by atoms with Gasteiger partial charge in [-0.25, -0.2) is 0 Å². The van der Waals surface area contributed by atoms with Gasteiger partial charge >= 0.3 is 0 Å². The molecule has 96 valence electrons. The van der Waals surface area contributed by atoms with E-state index in [-0.39, 0.29) is 6.61 Å². The molecular weight excluding hydrogens is 228 g/mol. The minimum Gasteiger partial charge on any atom is -0.395 e. The van der Waals surface area contributed by atoms with Crippen LogP contribution >= 0.6 is 0 Å². The second kappa shape index (κ2) is 5.44. The molecule has 1 rings (SSSR count). The third-order valence-corrected chi connectivity index (χ3v) is 4.48. The van der Waals surface area contributed by atoms with Gasteiger partial charge in [-0.05, 0) is 25.2 Å². The fourth-order valence-electron chi connectivity index (χ4n) is 2.17. The third kappa shape index (κ3) is 3.69. The molecule has 6 heteroatoms. The van der Waals surface area contributed by atoms with Crippen LogP contribution in [0, 0.1) is 11.8 Å². The highest BCUT2D eigenvalue weighted by molar-refractivity contribution is 7.87. The SMILES string of the molecule is CC1CC(C)CN(S(=O)(=O)NC(C)CO)C1. The molecule has 5 nitrogen and oxygen atoms in total. The van der Waals surface area contributed by atoms with Crippen LogP contribution in [0.25, 0.3) is 0 Å². The highest BCUT2D eigenvalue weighted by Crippen LogP contribution is 2.22. The summed E-state index contributed by atoms with van der Waals surface area (Å²) in [5, 5.41) is 8.85. The Balaban J connectivity index is 2.67. The average Bonchev–Trinajstić information content (AvgIpc) is 2.15. The van der Waals surface area contributed by atoms with Crippen LogP contribution < -0.4 is 4.72 Å². The zero-order valence-electron chi connectivity index (χ0n) is 10.2. The topological polar surface area (TPSA) is 69.6 Å². The second-order valence-electron chi connectivity index (χ2n) is 4.97. The summed E-state index contributed by atoms with van der Waals surface area (Å²) in [6, 6.07) is -0.433. The third-order valence-electron chi connectivity index (χ3n) is 2.80. The Morgan fingerprint density at radius 2 is 1.88 bits per heavy atom. The fraction of sp³-hybridized carbons (Fsp3) is 1.00. The van der Waals surface area contributed by atoms with Gasteiger partial charge in [-0.2, -0.15) is 17.4 Å². The first-order valence-electron chi connectivity index (χ1n) is 5.73. The fourth-order valence-corrected chi connectivity index (χ4v) is 3.80. The quantitative estimate of drug-likeness (QED) is 0.748. The molecule has 1 saturated heterocycles. The summed E-state index contributed by atoms with van der Waals surface area (Å²) in [6.07, 6.45) is 1.07. The monoisotopic (exact) mass is 250 g/mol. The maximum absolute atomic E-state index is 11.9. The number of rotatable bonds is 4. The Kier molecular flexibility index (Phi) is 4.73. The molecule has 3 atom stereocenters. The highest BCUT2D eigenvalue weighted by atomic mass is 32.2. The minimum atomic E-state index is -3.44. The van der Waals surface area contributed by atoms with Gasteiger partial charge in [0.15, 0.2) is 0 Å². The first-order valence-corrected chi connectivity index (χ1v) is 7.17. The number of aliphatic hydroxyl groups is 1. The highest BCUT2D eigenvalue weighted by Gasteiger charge is 2.30. The summed E-state index contributed by atoms with van der Waals surface area (Å²) in [5.41, 5.74) is 0. The van der Waals surface area contributed by atoms with Crippen LogP contribution in [0.2, 0.25) is 0 Å². The molecule has 1 fully saturated rings. The predicted molar refractivity (Wildman–Crippen MR) is 63.1 cm³/mol. The second-order valence-corrected chi connectivity index (χ2v) is 6.67. The number of aliphatic hydroxyl groups excluding tert-OH is 1. The van der Waals surface area contributed by atoms with Crippen molar-refractivity contribution in [3.8, 4) is 0 Å². The molecule has 16 heavy (non-hydrogen) atoms. The van der Waals surface area contributed by atoms with E-state index in [1.807, 2.05) is 0 Å². The van der Waals surface area contributed by atoms with Crippen LogP contribution in [0.5, 0.6) is 0 Å². The van der Waals surface area contributed by atoms with E-state index in [0.717, 1.165) is 6.42 Å². The van der Waals surface area contributed by atoms with E-state index in [4.69, 9.17) is 5.11 Å². The Hall–Kier alpha value is -0.170. The average molecular weight is 250 g/mol. The van der Waals surface area contributed by atoms with Gasteiger partial charge in [-0.3, -0.25) is 0 Å². The molecule has 0 saturated carbocycles. The number of nitrogens with one attached hydrogen (secondary N) is 1. The van der Waals surface area contributed by atoms with E-state index >= 15 is 0 Å². The molecular formula is C10H22N2O3S. The summed E-state index contributed by atoms with van der Waals surface area (Å²) in [7, 11) is -3.44. The van der Waals surface area contributed by atoms with Crippen molar-refractivity contribution in [2.45, 2.75) is 33.2 Å². The molecule has 1 aliphatic rings. The van der Waals surface area contributed by atoms with Crippen molar-refractivity contribution in [1.29, 1.82) is 0 Å². The van der Waals surface area contributed by atoms with Crippen molar-refractivity contribution in [1.82, 2.24) is 9.03 Å². The lowest BCUT2D eigenvalue weighted by Gasteiger charge is -2.34. The normalized spacial score (nSPS) is 30.2. The van der Waals surface area contributed by atoms with Gasteiger partial charge < -0.3 is 5.11 Å². The van der Waals surface area contributed by atoms with Crippen molar-refractivity contribution in [3.63, 3.8) is 0 Å². The van der Waals surface area contributed by atoms with Crippen LogP contribution in [0.15, 0.2) is 0 Å². The molecule has 0 aliphatic carbocycles. The number of hydrogen-bond acceptors (Lipinski definition) is 3. The van der Waals surface area contributed by atoms with E-state index < -0.39 is 16.3 Å². The molecule has 1 heterocycles. The standard InChI is InChI=1S/C10H22N2O3S/c1-8-4-9(2)6-12(5-8)16(14,15)11-10(3)7-13/h8-11,13H,4-7H2,1-3H3. The van der Waals surface area contributed by atoms with E-state index in [1.54, 1.807) is 6.92 Å². The minimum absolute atomic E-state index is 0.182. The van der Waals surface area contributed by atoms with Gasteiger partial charge in [0.25, 0.3) is 10.2 Å². The number of piperidine rings is 1. The lowest BCUT2D eigenvalue weighted by molar-refractivity contribution is 0.215. The number of nitrogens with zero attached hydrogens (tertiary/aromatic N) is 1. The van der Waals surface area contributed by atoms with Crippen LogP contribution in [0.4, 0.5) is 0 Å². The molecule has 3 unspecified atom stereocenters. The van der Waals surface area contributed by atoms with Gasteiger partial charge in [0.05, 0.1) is 6.61 Å². The van der Waals surface area contributed by atoms with Crippen molar-refractivity contribution in [2.75, 3.05) is 19.7 Å². The maximum Gasteiger partial charge on any atom is 0.279 e. The maximum atomic E-state index is 11.9. The summed E-state index contributed by atoms with van der Waals surface area (Å²) in [5.74, 6) is 0.787. The van der Waals surface area contributed by atoms with E-state index in [0.29, 0.717) is 24.9 Å². The molecule has 0 spiro atoms. The Labute approximate surface area is 98.0 Å². The number of hydrogen-bond donors (Lipinski definition) is 2. The van der Waals surface area contributed by atoms with Gasteiger partial charge in [0, 0.05) is 19.1 Å². The van der Waals surface area contributed by atoms with Crippen molar-refractivity contribution in [3.05, 3.63) is 0 Å². The largest absolute Gasteiger partial charge is 0.395 e. The lowest BCUT2D eigenvalue weighted by atomic mass is 9.94. The van der Waals surface area contributed by atoms with Crippen molar-refractivity contribution in [2.24, 2.45) is 11.8 Å². The van der Waals surface area contributed by atoms with Crippen LogP contribution in [0.3, 0.4) is 0 Å². The molecule has 1 aliphatic heterocycles. The summed E-state index contributed by atoms with van der Waals surface area (Å²) >= 11 is 0. The zero-order valence-corrected chi connectivity index (χ0v) is 11.0. The molecule has 0 aromatic rings. The summed E-state index contributed by atoms with van der Waals surface area (Å²) in [4.78, 5) is 0. The van der Waals surface area contributed by atoms with E-state index in [1.165, 1.54) is 4.31 Å². The molecule has 0 aromatic carbocycles. The Bertz CT molecular complexity index is 308. The van der Waals surface area contributed by atoms with Crippen LogP contribution in [-0.4, -0.2) is 43.6 Å². The van der Waals surface area contributed by atoms with Crippen LogP contribution in [0.1, 0.15) is 27.2 Å². The lowest BCUT2D eigenvalue weighted by Crippen LogP contribution is -2.50. The molecule has 2 N–H and O–H groups in total. The molecule has 0 aromatic heterocycles. The van der Waals surface area contributed by atoms with Crippen LogP contribution in [-0.2, 0) is 10.2 Å². The summed E-state index contributed by atoms with van der Waals surface area (Å²) < 4.78 is 27.8. The van der Waals surface area contributed by atoms with Crippen molar-refractivity contribution < 1.29 is 13.5 Å². The van der Waals surface area contributed by atoms with Gasteiger partial charge in [-0.1, -0.05) is 13.8 Å². The van der Waals surface area contributed by atoms with Crippen molar-refractivity contribution >= 4 is 10.2 Å². The summed E-state index contributed by atoms with van der Waals surface area (Å²) in [6.45, 7) is 6.73. The van der Waals surface area contributed by atoms with E-state index in [9.17, 15) is 8.42 Å². The zero-order chi connectivity index (χ0) is 12.3. The van der Waals surface area contributed by atoms with Gasteiger partial charge in [-0.15, -0.1) is 0 Å². The van der Waals surface area contributed by atoms with Gasteiger partial charge in [0.1, 0.15) is 0 Å². The predicted octanol–water partition coefficient (Wildman–Crippen LogP) is 0.179. The Morgan fingerprint density at radius 1 is 1.38 bits per heavy atom. The van der Waals surface area contributed by atoms with Gasteiger partial charge in [0.2, 0.25) is 0 Å². The van der Waals surface area contributed by atoms with E-state index in [2.05, 4.69) is 18.6 Å². The molecule has 0 amide bonds. The molecule has 0 bridgehead atoms.